The van der Waals surface area contributed by atoms with Crippen molar-refractivity contribution >= 4 is 33.2 Å². The molecule has 0 aliphatic heterocycles. The minimum absolute atomic E-state index is 0.0111. The highest BCUT2D eigenvalue weighted by molar-refractivity contribution is 6.10. The molecule has 0 saturated heterocycles. The van der Waals surface area contributed by atoms with Crippen molar-refractivity contribution < 1.29 is 0 Å². The van der Waals surface area contributed by atoms with Crippen LogP contribution >= 0.6 is 0 Å². The van der Waals surface area contributed by atoms with E-state index in [1.54, 1.807) is 0 Å². The highest BCUT2D eigenvalue weighted by Gasteiger charge is 2.35. The Morgan fingerprint density at radius 1 is 0.574 bits per heavy atom. The molecule has 7 aromatic rings. The van der Waals surface area contributed by atoms with Crippen LogP contribution in [0.4, 0.5) is 11.4 Å². The zero-order valence-corrected chi connectivity index (χ0v) is 26.8. The summed E-state index contributed by atoms with van der Waals surface area (Å²) in [5.74, 6) is 0. The smallest absolute Gasteiger partial charge is 0.0559 e. The van der Waals surface area contributed by atoms with Crippen molar-refractivity contribution in [1.82, 2.24) is 4.57 Å². The number of benzene rings is 6. The SMILES string of the molecule is CC1(C)c2ccccc2-c2cc(N(c3ccc4c(c3)c3ccccc3n4-c3ccc(-c4ccccc4)cc3)C3C=CC=CC3)ccc21. The Labute approximate surface area is 276 Å². The van der Waals surface area contributed by atoms with E-state index >= 15 is 0 Å². The van der Waals surface area contributed by atoms with Gasteiger partial charge in [0.15, 0.2) is 0 Å². The molecule has 1 heterocycles. The van der Waals surface area contributed by atoms with Gasteiger partial charge in [-0.15, -0.1) is 0 Å². The van der Waals surface area contributed by atoms with Crippen molar-refractivity contribution in [1.29, 1.82) is 0 Å². The van der Waals surface area contributed by atoms with Gasteiger partial charge < -0.3 is 9.47 Å². The van der Waals surface area contributed by atoms with Gasteiger partial charge in [0.1, 0.15) is 0 Å². The van der Waals surface area contributed by atoms with Crippen LogP contribution in [-0.4, -0.2) is 10.6 Å². The third kappa shape index (κ3) is 4.40. The van der Waals surface area contributed by atoms with Crippen LogP contribution in [0.3, 0.4) is 0 Å². The van der Waals surface area contributed by atoms with Crippen molar-refractivity contribution in [3.05, 3.63) is 175 Å². The number of allylic oxidation sites excluding steroid dienone is 2. The van der Waals surface area contributed by atoms with Gasteiger partial charge in [-0.3, -0.25) is 0 Å². The summed E-state index contributed by atoms with van der Waals surface area (Å²) < 4.78 is 2.41. The van der Waals surface area contributed by atoms with Gasteiger partial charge >= 0.3 is 0 Å². The first-order chi connectivity index (χ1) is 23.1. The highest BCUT2D eigenvalue weighted by atomic mass is 15.2. The lowest BCUT2D eigenvalue weighted by atomic mass is 9.82. The molecular formula is C45H36N2. The molecule has 226 valence electrons. The van der Waals surface area contributed by atoms with Gasteiger partial charge in [0, 0.05) is 33.2 Å². The summed E-state index contributed by atoms with van der Waals surface area (Å²) in [6.07, 6.45) is 9.94. The molecular weight excluding hydrogens is 569 g/mol. The molecule has 2 aliphatic carbocycles. The van der Waals surface area contributed by atoms with Gasteiger partial charge in [-0.25, -0.2) is 0 Å². The van der Waals surface area contributed by atoms with E-state index in [1.807, 2.05) is 0 Å². The Morgan fingerprint density at radius 2 is 1.26 bits per heavy atom. The third-order valence-corrected chi connectivity index (χ3v) is 10.3. The van der Waals surface area contributed by atoms with Gasteiger partial charge in [-0.2, -0.15) is 0 Å². The first-order valence-corrected chi connectivity index (χ1v) is 16.6. The summed E-state index contributed by atoms with van der Waals surface area (Å²) in [7, 11) is 0. The second-order valence-electron chi connectivity index (χ2n) is 13.4. The molecule has 2 aliphatic rings. The number of nitrogens with zero attached hydrogens (tertiary/aromatic N) is 2. The molecule has 9 rings (SSSR count). The Morgan fingerprint density at radius 3 is 2.09 bits per heavy atom. The summed E-state index contributed by atoms with van der Waals surface area (Å²) in [5, 5.41) is 2.53. The topological polar surface area (TPSA) is 8.17 Å². The van der Waals surface area contributed by atoms with Gasteiger partial charge in [0.25, 0.3) is 0 Å². The molecule has 47 heavy (non-hydrogen) atoms. The van der Waals surface area contributed by atoms with E-state index in [0.717, 1.165) is 6.42 Å². The van der Waals surface area contributed by atoms with Crippen molar-refractivity contribution in [2.24, 2.45) is 0 Å². The molecule has 0 bridgehead atoms. The van der Waals surface area contributed by atoms with E-state index in [9.17, 15) is 0 Å². The average molecular weight is 605 g/mol. The number of aromatic nitrogens is 1. The molecule has 6 aromatic carbocycles. The van der Waals surface area contributed by atoms with E-state index in [4.69, 9.17) is 0 Å². The lowest BCUT2D eigenvalue weighted by molar-refractivity contribution is 0.660. The fourth-order valence-electron chi connectivity index (χ4n) is 7.97. The minimum Gasteiger partial charge on any atom is -0.334 e. The number of rotatable bonds is 5. The maximum atomic E-state index is 2.54. The summed E-state index contributed by atoms with van der Waals surface area (Å²) in [4.78, 5) is 2.54. The van der Waals surface area contributed by atoms with Crippen molar-refractivity contribution in [2.45, 2.75) is 31.7 Å². The van der Waals surface area contributed by atoms with E-state index in [-0.39, 0.29) is 11.5 Å². The van der Waals surface area contributed by atoms with E-state index < -0.39 is 0 Å². The zero-order chi connectivity index (χ0) is 31.5. The van der Waals surface area contributed by atoms with Gasteiger partial charge in [-0.05, 0) is 88.3 Å². The Kier molecular flexibility index (Phi) is 6.33. The first kappa shape index (κ1) is 27.7. The Bertz CT molecular complexity index is 2350. The van der Waals surface area contributed by atoms with Crippen LogP contribution in [0.5, 0.6) is 0 Å². The maximum Gasteiger partial charge on any atom is 0.0559 e. The Hall–Kier alpha value is -5.60. The summed E-state index contributed by atoms with van der Waals surface area (Å²) >= 11 is 0. The van der Waals surface area contributed by atoms with Crippen LogP contribution in [0.2, 0.25) is 0 Å². The number of fused-ring (bicyclic) bond motifs is 6. The largest absolute Gasteiger partial charge is 0.334 e. The van der Waals surface area contributed by atoms with Gasteiger partial charge in [-0.1, -0.05) is 129 Å². The van der Waals surface area contributed by atoms with Crippen molar-refractivity contribution in [3.8, 4) is 27.9 Å². The predicted octanol–water partition coefficient (Wildman–Crippen LogP) is 11.8. The van der Waals surface area contributed by atoms with Gasteiger partial charge in [0.05, 0.1) is 17.1 Å². The Balaban J connectivity index is 1.19. The predicted molar refractivity (Wildman–Crippen MR) is 199 cm³/mol. The zero-order valence-electron chi connectivity index (χ0n) is 26.8. The summed E-state index contributed by atoms with van der Waals surface area (Å²) in [6.45, 7) is 4.70. The van der Waals surface area contributed by atoms with Gasteiger partial charge in [0.2, 0.25) is 0 Å². The molecule has 0 radical (unpaired) electrons. The second kappa shape index (κ2) is 10.7. The molecule has 0 amide bonds. The standard InChI is InChI=1S/C45H36N2/c1-45(2)41-19-11-9-17-37(41)39-29-35(25-27-42(39)45)46(33-15-7-4-8-16-33)36-26-28-44-40(30-36)38-18-10-12-20-43(38)47(44)34-23-21-32(22-24-34)31-13-5-3-6-14-31/h3-15,17-30,33H,16H2,1-2H3. The number of hydrogen-bond acceptors (Lipinski definition) is 1. The molecule has 1 atom stereocenters. The van der Waals surface area contributed by atoms with Crippen molar-refractivity contribution in [2.75, 3.05) is 4.90 Å². The summed E-state index contributed by atoms with van der Waals surface area (Å²) in [5.41, 5.74) is 14.0. The molecule has 1 aromatic heterocycles. The molecule has 0 spiro atoms. The van der Waals surface area contributed by atoms with Crippen LogP contribution in [0, 0.1) is 0 Å². The molecule has 2 nitrogen and oxygen atoms in total. The van der Waals surface area contributed by atoms with E-state index in [0.29, 0.717) is 0 Å². The number of anilines is 2. The first-order valence-electron chi connectivity index (χ1n) is 16.6. The quantitative estimate of drug-likeness (QED) is 0.190. The lowest BCUT2D eigenvalue weighted by Crippen LogP contribution is -2.29. The fraction of sp³-hybridized carbons (Fsp3) is 0.111. The lowest BCUT2D eigenvalue weighted by Gasteiger charge is -2.33. The monoisotopic (exact) mass is 604 g/mol. The van der Waals surface area contributed by atoms with Crippen LogP contribution in [0.15, 0.2) is 164 Å². The molecule has 2 heteroatoms. The maximum absolute atomic E-state index is 2.54. The highest BCUT2D eigenvalue weighted by Crippen LogP contribution is 2.50. The van der Waals surface area contributed by atoms with Crippen molar-refractivity contribution in [3.63, 3.8) is 0 Å². The van der Waals surface area contributed by atoms with Crippen LogP contribution in [-0.2, 0) is 5.41 Å². The molecule has 0 N–H and O–H groups in total. The minimum atomic E-state index is -0.0111. The van der Waals surface area contributed by atoms with E-state index in [2.05, 4.69) is 187 Å². The fourth-order valence-corrected chi connectivity index (χ4v) is 7.97. The third-order valence-electron chi connectivity index (χ3n) is 10.3. The van der Waals surface area contributed by atoms with E-state index in [1.165, 1.54) is 72.2 Å². The van der Waals surface area contributed by atoms with Crippen LogP contribution in [0.1, 0.15) is 31.4 Å². The second-order valence-corrected chi connectivity index (χ2v) is 13.4. The normalized spacial score (nSPS) is 16.0. The molecule has 1 unspecified atom stereocenters. The number of hydrogen-bond donors (Lipinski definition) is 0. The summed E-state index contributed by atoms with van der Waals surface area (Å²) in [6, 6.07) is 51.7. The van der Waals surface area contributed by atoms with Crippen LogP contribution < -0.4 is 4.90 Å². The molecule has 0 fully saturated rings. The average Bonchev–Trinajstić information content (AvgIpc) is 3.57. The van der Waals surface area contributed by atoms with Crippen LogP contribution in [0.25, 0.3) is 49.7 Å². The molecule has 0 saturated carbocycles. The number of para-hydroxylation sites is 1.